The van der Waals surface area contributed by atoms with E-state index in [1.807, 2.05) is 0 Å². The lowest BCUT2D eigenvalue weighted by Gasteiger charge is -2.23. The smallest absolute Gasteiger partial charge is 0.245 e. The van der Waals surface area contributed by atoms with Gasteiger partial charge in [-0.25, -0.2) is 8.78 Å². The van der Waals surface area contributed by atoms with Crippen LogP contribution >= 0.6 is 0 Å². The molecule has 6 heteroatoms. The Labute approximate surface area is 122 Å². The standard InChI is InChI=1S/C15H18F2N2O2/c1-18-8-7-13(15(18)21)19(2)14(20)6-4-10-3-5-11(16)12(17)9-10/h3,5,9,13H,4,6-8H2,1-2H3/t13-/m1/s1. The number of halogens is 2. The molecule has 21 heavy (non-hydrogen) atoms. The molecule has 1 atom stereocenters. The average Bonchev–Trinajstić information content (AvgIpc) is 2.79. The minimum atomic E-state index is -0.916. The molecule has 0 saturated carbocycles. The second-order valence-corrected chi connectivity index (χ2v) is 5.32. The maximum absolute atomic E-state index is 13.1. The van der Waals surface area contributed by atoms with Crippen molar-refractivity contribution < 1.29 is 18.4 Å². The summed E-state index contributed by atoms with van der Waals surface area (Å²) >= 11 is 0. The van der Waals surface area contributed by atoms with Gasteiger partial charge in [0.15, 0.2) is 11.6 Å². The molecule has 0 bridgehead atoms. The lowest BCUT2D eigenvalue weighted by Crippen LogP contribution is -2.42. The van der Waals surface area contributed by atoms with E-state index in [1.54, 1.807) is 19.0 Å². The summed E-state index contributed by atoms with van der Waals surface area (Å²) in [6.07, 6.45) is 1.11. The Morgan fingerprint density at radius 1 is 1.38 bits per heavy atom. The van der Waals surface area contributed by atoms with Crippen LogP contribution < -0.4 is 0 Å². The van der Waals surface area contributed by atoms with Gasteiger partial charge in [-0.2, -0.15) is 0 Å². The molecule has 0 aliphatic carbocycles. The van der Waals surface area contributed by atoms with Gasteiger partial charge in [-0.1, -0.05) is 6.07 Å². The highest BCUT2D eigenvalue weighted by molar-refractivity contribution is 5.88. The molecule has 0 unspecified atom stereocenters. The van der Waals surface area contributed by atoms with Gasteiger partial charge in [-0.05, 0) is 30.5 Å². The number of hydrogen-bond acceptors (Lipinski definition) is 2. The number of carbonyl (C=O) groups excluding carboxylic acids is 2. The first-order chi connectivity index (χ1) is 9.90. The first-order valence-corrected chi connectivity index (χ1v) is 6.84. The third kappa shape index (κ3) is 3.37. The van der Waals surface area contributed by atoms with Crippen LogP contribution in [0.5, 0.6) is 0 Å². The second kappa shape index (κ2) is 6.20. The van der Waals surface area contributed by atoms with E-state index in [-0.39, 0.29) is 18.2 Å². The van der Waals surface area contributed by atoms with Crippen molar-refractivity contribution in [2.24, 2.45) is 0 Å². The SMILES string of the molecule is CN1CC[C@@H](N(C)C(=O)CCc2ccc(F)c(F)c2)C1=O. The van der Waals surface area contributed by atoms with Gasteiger partial charge in [0.2, 0.25) is 11.8 Å². The van der Waals surface area contributed by atoms with E-state index in [9.17, 15) is 18.4 Å². The van der Waals surface area contributed by atoms with Gasteiger partial charge >= 0.3 is 0 Å². The molecule has 2 amide bonds. The number of aryl methyl sites for hydroxylation is 1. The highest BCUT2D eigenvalue weighted by Crippen LogP contribution is 2.16. The van der Waals surface area contributed by atoms with Crippen molar-refractivity contribution in [1.29, 1.82) is 0 Å². The fourth-order valence-corrected chi connectivity index (χ4v) is 2.46. The Kier molecular flexibility index (Phi) is 4.55. The van der Waals surface area contributed by atoms with E-state index in [4.69, 9.17) is 0 Å². The normalized spacial score (nSPS) is 18.2. The number of likely N-dealkylation sites (tertiary alicyclic amines) is 1. The molecular weight excluding hydrogens is 278 g/mol. The van der Waals surface area contributed by atoms with Crippen LogP contribution in [-0.2, 0) is 16.0 Å². The summed E-state index contributed by atoms with van der Waals surface area (Å²) in [7, 11) is 3.32. The van der Waals surface area contributed by atoms with Crippen LogP contribution in [0.25, 0.3) is 0 Å². The van der Waals surface area contributed by atoms with Crippen LogP contribution in [-0.4, -0.2) is 48.3 Å². The molecule has 1 aromatic carbocycles. The van der Waals surface area contributed by atoms with Gasteiger partial charge in [-0.3, -0.25) is 9.59 Å². The third-order valence-corrected chi connectivity index (χ3v) is 3.87. The van der Waals surface area contributed by atoms with Crippen LogP contribution in [0.1, 0.15) is 18.4 Å². The molecule has 114 valence electrons. The van der Waals surface area contributed by atoms with Crippen molar-refractivity contribution in [2.75, 3.05) is 20.6 Å². The predicted molar refractivity (Wildman–Crippen MR) is 73.5 cm³/mol. The number of amides is 2. The zero-order chi connectivity index (χ0) is 15.6. The van der Waals surface area contributed by atoms with Gasteiger partial charge in [0, 0.05) is 27.1 Å². The molecule has 1 heterocycles. The Balaban J connectivity index is 1.92. The Morgan fingerprint density at radius 3 is 2.67 bits per heavy atom. The zero-order valence-corrected chi connectivity index (χ0v) is 12.1. The molecule has 1 aromatic rings. The number of likely N-dealkylation sites (N-methyl/N-ethyl adjacent to an activating group) is 2. The third-order valence-electron chi connectivity index (χ3n) is 3.87. The second-order valence-electron chi connectivity index (χ2n) is 5.32. The summed E-state index contributed by atoms with van der Waals surface area (Å²) in [6.45, 7) is 0.643. The predicted octanol–water partition coefficient (Wildman–Crippen LogP) is 1.59. The molecule has 0 N–H and O–H groups in total. The van der Waals surface area contributed by atoms with Crippen LogP contribution in [0.4, 0.5) is 8.78 Å². The molecule has 0 radical (unpaired) electrons. The van der Waals surface area contributed by atoms with Gasteiger partial charge in [0.05, 0.1) is 0 Å². The van der Waals surface area contributed by atoms with Gasteiger partial charge in [0.1, 0.15) is 6.04 Å². The number of hydrogen-bond donors (Lipinski definition) is 0. The average molecular weight is 296 g/mol. The maximum atomic E-state index is 13.1. The first-order valence-electron chi connectivity index (χ1n) is 6.84. The summed E-state index contributed by atoms with van der Waals surface area (Å²) < 4.78 is 25.9. The quantitative estimate of drug-likeness (QED) is 0.846. The van der Waals surface area contributed by atoms with Crippen molar-refractivity contribution in [1.82, 2.24) is 9.80 Å². The number of rotatable bonds is 4. The van der Waals surface area contributed by atoms with E-state index >= 15 is 0 Å². The summed E-state index contributed by atoms with van der Waals surface area (Å²) in [5.74, 6) is -2.05. The minimum Gasteiger partial charge on any atom is -0.344 e. The van der Waals surface area contributed by atoms with E-state index in [0.29, 0.717) is 24.9 Å². The molecular formula is C15H18F2N2O2. The van der Waals surface area contributed by atoms with Crippen molar-refractivity contribution in [3.8, 4) is 0 Å². The van der Waals surface area contributed by atoms with Gasteiger partial charge in [0.25, 0.3) is 0 Å². The molecule has 1 aliphatic heterocycles. The lowest BCUT2D eigenvalue weighted by atomic mass is 10.1. The fraction of sp³-hybridized carbons (Fsp3) is 0.467. The summed E-state index contributed by atoms with van der Waals surface area (Å²) in [4.78, 5) is 27.0. The van der Waals surface area contributed by atoms with E-state index in [2.05, 4.69) is 0 Å². The molecule has 2 rings (SSSR count). The van der Waals surface area contributed by atoms with E-state index in [1.165, 1.54) is 11.0 Å². The molecule has 0 aromatic heterocycles. The molecule has 0 spiro atoms. The van der Waals surface area contributed by atoms with Crippen LogP contribution in [0, 0.1) is 11.6 Å². The maximum Gasteiger partial charge on any atom is 0.245 e. The number of carbonyl (C=O) groups is 2. The summed E-state index contributed by atoms with van der Waals surface area (Å²) in [5, 5.41) is 0. The van der Waals surface area contributed by atoms with Crippen LogP contribution in [0.15, 0.2) is 18.2 Å². The topological polar surface area (TPSA) is 40.6 Å². The Hall–Kier alpha value is -1.98. The van der Waals surface area contributed by atoms with Crippen LogP contribution in [0.2, 0.25) is 0 Å². The first kappa shape index (κ1) is 15.4. The molecule has 1 saturated heterocycles. The highest BCUT2D eigenvalue weighted by atomic mass is 19.2. The zero-order valence-electron chi connectivity index (χ0n) is 12.1. The molecule has 1 aliphatic rings. The van der Waals surface area contributed by atoms with Crippen molar-refractivity contribution in [3.63, 3.8) is 0 Å². The van der Waals surface area contributed by atoms with E-state index in [0.717, 1.165) is 12.1 Å². The monoisotopic (exact) mass is 296 g/mol. The molecule has 1 fully saturated rings. The van der Waals surface area contributed by atoms with E-state index < -0.39 is 17.7 Å². The highest BCUT2D eigenvalue weighted by Gasteiger charge is 2.34. The van der Waals surface area contributed by atoms with Gasteiger partial charge < -0.3 is 9.80 Å². The van der Waals surface area contributed by atoms with Crippen LogP contribution in [0.3, 0.4) is 0 Å². The van der Waals surface area contributed by atoms with Gasteiger partial charge in [-0.15, -0.1) is 0 Å². The fourth-order valence-electron chi connectivity index (χ4n) is 2.46. The largest absolute Gasteiger partial charge is 0.344 e. The lowest BCUT2D eigenvalue weighted by molar-refractivity contribution is -0.140. The Bertz CT molecular complexity index is 563. The minimum absolute atomic E-state index is 0.0568. The number of benzene rings is 1. The summed E-state index contributed by atoms with van der Waals surface area (Å²) in [5.41, 5.74) is 0.561. The van der Waals surface area contributed by atoms with Crippen molar-refractivity contribution in [3.05, 3.63) is 35.4 Å². The summed E-state index contributed by atoms with van der Waals surface area (Å²) in [6, 6.07) is 3.19. The molecule has 4 nitrogen and oxygen atoms in total. The number of nitrogens with zero attached hydrogens (tertiary/aromatic N) is 2. The van der Waals surface area contributed by atoms with Crippen molar-refractivity contribution in [2.45, 2.75) is 25.3 Å². The Morgan fingerprint density at radius 2 is 2.10 bits per heavy atom. The van der Waals surface area contributed by atoms with Crippen molar-refractivity contribution >= 4 is 11.8 Å².